The Kier molecular flexibility index (Phi) is 6.22. The second kappa shape index (κ2) is 12.1. The number of nitrogens with zero attached hydrogens (tertiary/aromatic N) is 2. The molecule has 10 aromatic carbocycles. The Hall–Kier alpha value is -8.65. The van der Waals surface area contributed by atoms with Crippen molar-refractivity contribution in [2.75, 3.05) is 0 Å². The van der Waals surface area contributed by atoms with Crippen LogP contribution in [0.5, 0.6) is 46.0 Å². The minimum atomic E-state index is -3.22. The lowest BCUT2D eigenvalue weighted by atomic mass is 9.34. The van der Waals surface area contributed by atoms with Crippen LogP contribution in [-0.4, -0.2) is 30.6 Å². The van der Waals surface area contributed by atoms with Crippen LogP contribution in [0.1, 0.15) is 0 Å². The molecule has 0 amide bonds. The number of para-hydroxylation sites is 4. The Morgan fingerprint density at radius 1 is 0.275 bits per heavy atom. The van der Waals surface area contributed by atoms with Crippen molar-refractivity contribution in [2.24, 2.45) is 0 Å². The van der Waals surface area contributed by atoms with E-state index in [1.54, 1.807) is 0 Å². The summed E-state index contributed by atoms with van der Waals surface area (Å²) in [6.45, 7) is -0.210. The van der Waals surface area contributed by atoms with Crippen LogP contribution in [0.4, 0.5) is 0 Å². The Bertz CT molecular complexity index is 4010. The van der Waals surface area contributed by atoms with Gasteiger partial charge in [0.1, 0.15) is 46.0 Å². The van der Waals surface area contributed by atoms with Gasteiger partial charge < -0.3 is 28.1 Å². The largest absolute Gasteiger partial charge is 0.458 e. The summed E-state index contributed by atoms with van der Waals surface area (Å²) >= 11 is 0. The third kappa shape index (κ3) is 3.98. The second-order valence-corrected chi connectivity index (χ2v) is 22.9. The van der Waals surface area contributed by atoms with Gasteiger partial charge in [0.25, 0.3) is 13.4 Å². The Labute approximate surface area is 396 Å². The minimum Gasteiger partial charge on any atom is -0.458 e. The molecule has 0 fully saturated rings. The molecule has 316 valence electrons. The first kappa shape index (κ1) is 35.5. The Balaban J connectivity index is 0.911. The van der Waals surface area contributed by atoms with E-state index >= 15 is 0 Å². The molecule has 6 aliphatic rings. The van der Waals surface area contributed by atoms with Gasteiger partial charge in [0, 0.05) is 32.5 Å². The average molecular weight is 895 g/mol. The van der Waals surface area contributed by atoms with Crippen LogP contribution in [0, 0.1) is 0 Å². The quantitative estimate of drug-likeness (QED) is 0.171. The summed E-state index contributed by atoms with van der Waals surface area (Å²) < 4.78 is 34.0. The van der Waals surface area contributed by atoms with E-state index in [9.17, 15) is 0 Å². The van der Waals surface area contributed by atoms with Crippen molar-refractivity contribution in [3.63, 3.8) is 0 Å². The maximum Gasteiger partial charge on any atom is 0.260 e. The predicted octanol–water partition coefficient (Wildman–Crippen LogP) is 7.34. The Morgan fingerprint density at radius 2 is 0.580 bits per heavy atom. The first-order valence-corrected chi connectivity index (χ1v) is 25.8. The number of aromatic nitrogens is 2. The average Bonchev–Trinajstić information content (AvgIpc) is 3.92. The van der Waals surface area contributed by atoms with Gasteiger partial charge in [-0.3, -0.25) is 0 Å². The van der Waals surface area contributed by atoms with Crippen molar-refractivity contribution in [3.8, 4) is 57.4 Å². The van der Waals surface area contributed by atoms with Crippen LogP contribution < -0.4 is 72.5 Å². The number of hydrogen-bond donors (Lipinski definition) is 0. The zero-order chi connectivity index (χ0) is 44.4. The highest BCUT2D eigenvalue weighted by Gasteiger charge is 2.61. The lowest BCUT2D eigenvalue weighted by Crippen LogP contribution is -2.94. The highest BCUT2D eigenvalue weighted by molar-refractivity contribution is 7.31. The molecule has 69 heavy (non-hydrogen) atoms. The lowest BCUT2D eigenvalue weighted by molar-refractivity contribution is 0.463. The van der Waals surface area contributed by atoms with Gasteiger partial charge in [-0.05, 0) is 115 Å². The van der Waals surface area contributed by atoms with Crippen molar-refractivity contribution < 1.29 is 18.9 Å². The summed E-state index contributed by atoms with van der Waals surface area (Å²) in [4.78, 5) is 0. The van der Waals surface area contributed by atoms with E-state index in [-0.39, 0.29) is 13.4 Å². The maximum absolute atomic E-state index is 7.45. The van der Waals surface area contributed by atoms with Crippen LogP contribution in [-0.2, 0) is 0 Å². The van der Waals surface area contributed by atoms with Gasteiger partial charge in [-0.25, -0.2) is 0 Å². The predicted molar refractivity (Wildman–Crippen MR) is 281 cm³/mol. The molecule has 0 N–H and O–H groups in total. The molecule has 6 aliphatic heterocycles. The fourth-order valence-electron chi connectivity index (χ4n) is 14.0. The first-order valence-electron chi connectivity index (χ1n) is 23.8. The molecule has 0 saturated heterocycles. The zero-order valence-corrected chi connectivity index (χ0v) is 37.7. The van der Waals surface area contributed by atoms with Crippen LogP contribution in [0.3, 0.4) is 0 Å². The summed E-state index contributed by atoms with van der Waals surface area (Å²) in [6, 6.07) is 70.7. The van der Waals surface area contributed by atoms with Crippen LogP contribution >= 0.6 is 0 Å². The molecule has 1 spiro atoms. The van der Waals surface area contributed by atoms with E-state index in [0.29, 0.717) is 0 Å². The molecular formula is C60H32B2N2O4Si. The van der Waals surface area contributed by atoms with Crippen LogP contribution in [0.2, 0.25) is 0 Å². The van der Waals surface area contributed by atoms with Crippen molar-refractivity contribution in [2.45, 2.75) is 0 Å². The highest BCUT2D eigenvalue weighted by Crippen LogP contribution is 2.45. The Morgan fingerprint density at radius 3 is 0.928 bits per heavy atom. The molecule has 0 unspecified atom stereocenters. The molecule has 0 radical (unpaired) electrons. The highest BCUT2D eigenvalue weighted by atomic mass is 28.3. The standard InChI is InChI=1S/C60H32B2N2O4Si/c1-5-17-37-33(13-1)34-14-2-6-18-38(34)63(37)41-29-31-47-57-59(41)67-45-23-11-27-51-55(45)61(57)53-43(65-47)21-9-25-49(53)69(51)50-26-10-22-44-54(50)62-56-46(24-12-28-52(56)69)68-60-42(30-32-48(66-44)58(60)62)64-39-19-7-3-15-35(39)36-16-4-8-20-40(36)64/h1-32H. The van der Waals surface area contributed by atoms with E-state index in [1.165, 1.54) is 64.1 Å². The molecule has 2 aromatic heterocycles. The van der Waals surface area contributed by atoms with Gasteiger partial charge in [0.2, 0.25) is 0 Å². The topological polar surface area (TPSA) is 46.8 Å². The SMILES string of the molecule is c1cc2c3c(c1)[Si]1(c4cccc5c4B4c6c(cccc61)Oc1c(-n6c7ccccc7c7ccccc76)ccc(c14)O5)c1cccc4c1B3c1c(ccc(-n3c5ccccc5c5ccccc53)c1O4)O2. The van der Waals surface area contributed by atoms with Gasteiger partial charge in [0.15, 0.2) is 8.07 Å². The number of benzene rings is 10. The fraction of sp³-hybridized carbons (Fsp3) is 0. The number of ether oxygens (including phenoxy) is 4. The second-order valence-electron chi connectivity index (χ2n) is 19.3. The summed E-state index contributed by atoms with van der Waals surface area (Å²) in [6.07, 6.45) is 0. The lowest BCUT2D eigenvalue weighted by Gasteiger charge is -2.51. The third-order valence-corrected chi connectivity index (χ3v) is 21.4. The normalized spacial score (nSPS) is 14.9. The molecule has 0 aliphatic carbocycles. The van der Waals surface area contributed by atoms with Crippen molar-refractivity contribution in [3.05, 3.63) is 194 Å². The van der Waals surface area contributed by atoms with E-state index in [4.69, 9.17) is 18.9 Å². The first-order chi connectivity index (χ1) is 34.3. The maximum atomic E-state index is 7.45. The number of fused-ring (bicyclic) bond motifs is 10. The van der Waals surface area contributed by atoms with Gasteiger partial charge in [-0.2, -0.15) is 0 Å². The molecule has 0 bridgehead atoms. The van der Waals surface area contributed by atoms with Crippen molar-refractivity contribution in [1.82, 2.24) is 9.13 Å². The molecule has 0 saturated carbocycles. The number of hydrogen-bond acceptors (Lipinski definition) is 4. The van der Waals surface area contributed by atoms with Gasteiger partial charge >= 0.3 is 0 Å². The molecule has 12 aromatic rings. The van der Waals surface area contributed by atoms with E-state index in [1.807, 2.05) is 0 Å². The summed E-state index contributed by atoms with van der Waals surface area (Å²) in [7, 11) is -3.22. The minimum absolute atomic E-state index is 0.105. The summed E-state index contributed by atoms with van der Waals surface area (Å²) in [5.74, 6) is 6.96. The van der Waals surface area contributed by atoms with Gasteiger partial charge in [-0.1, -0.05) is 121 Å². The van der Waals surface area contributed by atoms with Crippen LogP contribution in [0.15, 0.2) is 194 Å². The third-order valence-electron chi connectivity index (χ3n) is 16.4. The van der Waals surface area contributed by atoms with Crippen LogP contribution in [0.25, 0.3) is 55.0 Å². The van der Waals surface area contributed by atoms with Gasteiger partial charge in [-0.15, -0.1) is 0 Å². The smallest absolute Gasteiger partial charge is 0.260 e. The summed E-state index contributed by atoms with van der Waals surface area (Å²) in [5.41, 5.74) is 13.7. The molecule has 8 heterocycles. The molecule has 6 nitrogen and oxygen atoms in total. The van der Waals surface area contributed by atoms with E-state index < -0.39 is 8.07 Å². The molecule has 0 atom stereocenters. The van der Waals surface area contributed by atoms with Crippen molar-refractivity contribution >= 4 is 119 Å². The van der Waals surface area contributed by atoms with Gasteiger partial charge in [0.05, 0.1) is 33.4 Å². The molecule has 18 rings (SSSR count). The monoisotopic (exact) mass is 894 g/mol. The van der Waals surface area contributed by atoms with E-state index in [2.05, 4.69) is 203 Å². The molecule has 9 heteroatoms. The number of rotatable bonds is 2. The fourth-order valence-corrected chi connectivity index (χ4v) is 19.8. The van der Waals surface area contributed by atoms with Crippen molar-refractivity contribution in [1.29, 1.82) is 0 Å². The zero-order valence-electron chi connectivity index (χ0n) is 36.7. The summed E-state index contributed by atoms with van der Waals surface area (Å²) in [5, 5.41) is 10.2. The van der Waals surface area contributed by atoms with E-state index in [0.717, 1.165) is 90.4 Å². The molecular weight excluding hydrogens is 862 g/mol.